The molecular formula is C16H27NO. The van der Waals surface area contributed by atoms with E-state index in [0.29, 0.717) is 17.7 Å². The predicted molar refractivity (Wildman–Crippen MR) is 75.2 cm³/mol. The largest absolute Gasteiger partial charge is 0.342 e. The first-order chi connectivity index (χ1) is 8.34. The molecule has 2 rings (SSSR count). The third-order valence-corrected chi connectivity index (χ3v) is 4.66. The monoisotopic (exact) mass is 249 g/mol. The Morgan fingerprint density at radius 2 is 2.00 bits per heavy atom. The molecule has 1 aliphatic heterocycles. The second-order valence-corrected chi connectivity index (χ2v) is 7.10. The summed E-state index contributed by atoms with van der Waals surface area (Å²) in [6, 6.07) is 0. The molecule has 2 fully saturated rings. The molecule has 2 nitrogen and oxygen atoms in total. The zero-order valence-corrected chi connectivity index (χ0v) is 12.5. The van der Waals surface area contributed by atoms with Gasteiger partial charge in [0.05, 0.1) is 5.92 Å². The van der Waals surface area contributed by atoms with Crippen LogP contribution in [-0.4, -0.2) is 23.9 Å². The van der Waals surface area contributed by atoms with Crippen LogP contribution in [0.15, 0.2) is 11.6 Å². The van der Waals surface area contributed by atoms with Gasteiger partial charge in [-0.3, -0.25) is 4.79 Å². The fraction of sp³-hybridized carbons (Fsp3) is 0.812. The zero-order valence-electron chi connectivity index (χ0n) is 12.5. The van der Waals surface area contributed by atoms with Gasteiger partial charge in [0, 0.05) is 13.1 Å². The van der Waals surface area contributed by atoms with E-state index in [1.807, 2.05) is 0 Å². The maximum absolute atomic E-state index is 12.6. The van der Waals surface area contributed by atoms with Crippen LogP contribution in [0.25, 0.3) is 0 Å². The van der Waals surface area contributed by atoms with Gasteiger partial charge in [-0.2, -0.15) is 0 Å². The molecule has 1 amide bonds. The quantitative estimate of drug-likeness (QED) is 0.686. The number of carbonyl (C=O) groups is 1. The maximum atomic E-state index is 12.6. The van der Waals surface area contributed by atoms with Gasteiger partial charge < -0.3 is 4.90 Å². The fourth-order valence-corrected chi connectivity index (χ4v) is 3.41. The number of likely N-dealkylation sites (tertiary alicyclic amines) is 1. The highest BCUT2D eigenvalue weighted by atomic mass is 16.2. The Morgan fingerprint density at radius 1 is 1.33 bits per heavy atom. The molecule has 2 aliphatic rings. The van der Waals surface area contributed by atoms with Crippen LogP contribution in [0, 0.1) is 23.2 Å². The molecular weight excluding hydrogens is 222 g/mol. The highest BCUT2D eigenvalue weighted by Gasteiger charge is 2.61. The fourth-order valence-electron chi connectivity index (χ4n) is 3.41. The average Bonchev–Trinajstić information content (AvgIpc) is 2.78. The van der Waals surface area contributed by atoms with Gasteiger partial charge in [0.1, 0.15) is 0 Å². The van der Waals surface area contributed by atoms with Gasteiger partial charge in [0.2, 0.25) is 5.91 Å². The summed E-state index contributed by atoms with van der Waals surface area (Å²) in [5.74, 6) is 1.74. The molecule has 0 radical (unpaired) electrons. The number of nitrogens with zero attached hydrogens (tertiary/aromatic N) is 1. The number of piperidine rings is 1. The minimum absolute atomic E-state index is 0.162. The molecule has 0 N–H and O–H groups in total. The van der Waals surface area contributed by atoms with Crippen LogP contribution in [-0.2, 0) is 4.79 Å². The van der Waals surface area contributed by atoms with E-state index in [4.69, 9.17) is 0 Å². The molecule has 1 heterocycles. The number of hydrogen-bond acceptors (Lipinski definition) is 1. The van der Waals surface area contributed by atoms with Gasteiger partial charge in [-0.25, -0.2) is 0 Å². The SMILES string of the molecule is CC(C)=CC1C(C(=O)N2CCCC(C)C2)C1(C)C. The van der Waals surface area contributed by atoms with Crippen molar-refractivity contribution in [1.82, 2.24) is 4.90 Å². The Morgan fingerprint density at radius 3 is 2.56 bits per heavy atom. The first-order valence-electron chi connectivity index (χ1n) is 7.28. The maximum Gasteiger partial charge on any atom is 0.226 e. The normalized spacial score (nSPS) is 34.1. The predicted octanol–water partition coefficient (Wildman–Crippen LogP) is 3.48. The second-order valence-electron chi connectivity index (χ2n) is 7.10. The lowest BCUT2D eigenvalue weighted by Crippen LogP contribution is -2.40. The summed E-state index contributed by atoms with van der Waals surface area (Å²) in [5.41, 5.74) is 1.49. The molecule has 102 valence electrons. The summed E-state index contributed by atoms with van der Waals surface area (Å²) in [5, 5.41) is 0. The molecule has 0 aromatic carbocycles. The van der Waals surface area contributed by atoms with Gasteiger partial charge >= 0.3 is 0 Å². The Labute approximate surface area is 111 Å². The lowest BCUT2D eigenvalue weighted by molar-refractivity contribution is -0.135. The van der Waals surface area contributed by atoms with E-state index in [9.17, 15) is 4.79 Å². The van der Waals surface area contributed by atoms with Crippen molar-refractivity contribution in [2.45, 2.75) is 47.5 Å². The van der Waals surface area contributed by atoms with E-state index in [1.54, 1.807) is 0 Å². The minimum atomic E-state index is 0.162. The van der Waals surface area contributed by atoms with Crippen LogP contribution in [0.3, 0.4) is 0 Å². The van der Waals surface area contributed by atoms with E-state index >= 15 is 0 Å². The molecule has 0 spiro atoms. The highest BCUT2D eigenvalue weighted by Crippen LogP contribution is 2.60. The molecule has 1 saturated carbocycles. The summed E-state index contributed by atoms with van der Waals surface area (Å²) in [6.45, 7) is 12.9. The van der Waals surface area contributed by atoms with Crippen molar-refractivity contribution in [2.24, 2.45) is 23.2 Å². The number of rotatable bonds is 2. The smallest absolute Gasteiger partial charge is 0.226 e. The van der Waals surface area contributed by atoms with Crippen molar-refractivity contribution >= 4 is 5.91 Å². The van der Waals surface area contributed by atoms with Crippen LogP contribution >= 0.6 is 0 Å². The Hall–Kier alpha value is -0.790. The third-order valence-electron chi connectivity index (χ3n) is 4.66. The molecule has 18 heavy (non-hydrogen) atoms. The molecule has 3 unspecified atom stereocenters. The van der Waals surface area contributed by atoms with Crippen molar-refractivity contribution in [2.75, 3.05) is 13.1 Å². The van der Waals surface area contributed by atoms with Crippen molar-refractivity contribution in [3.8, 4) is 0 Å². The molecule has 2 heteroatoms. The van der Waals surface area contributed by atoms with Gasteiger partial charge in [0.15, 0.2) is 0 Å². The third kappa shape index (κ3) is 2.48. The summed E-state index contributed by atoms with van der Waals surface area (Å²) in [6.07, 6.45) is 4.73. The van der Waals surface area contributed by atoms with E-state index in [-0.39, 0.29) is 11.3 Å². The van der Waals surface area contributed by atoms with Gasteiger partial charge in [0.25, 0.3) is 0 Å². The second kappa shape index (κ2) is 4.71. The number of carbonyl (C=O) groups excluding carboxylic acids is 1. The van der Waals surface area contributed by atoms with Crippen molar-refractivity contribution in [3.05, 3.63) is 11.6 Å². The van der Waals surface area contributed by atoms with Crippen LogP contribution in [0.1, 0.15) is 47.5 Å². The summed E-state index contributed by atoms with van der Waals surface area (Å²) in [4.78, 5) is 14.7. The Kier molecular flexibility index (Phi) is 3.57. The van der Waals surface area contributed by atoms with E-state index in [0.717, 1.165) is 13.1 Å². The van der Waals surface area contributed by atoms with Crippen molar-refractivity contribution < 1.29 is 4.79 Å². The van der Waals surface area contributed by atoms with E-state index in [1.165, 1.54) is 18.4 Å². The van der Waals surface area contributed by atoms with Crippen LogP contribution < -0.4 is 0 Å². The van der Waals surface area contributed by atoms with Crippen molar-refractivity contribution in [1.29, 1.82) is 0 Å². The van der Waals surface area contributed by atoms with Crippen LogP contribution in [0.5, 0.6) is 0 Å². The Bertz CT molecular complexity index is 365. The van der Waals surface area contributed by atoms with Crippen molar-refractivity contribution in [3.63, 3.8) is 0 Å². The van der Waals surface area contributed by atoms with Gasteiger partial charge in [-0.15, -0.1) is 0 Å². The van der Waals surface area contributed by atoms with E-state index < -0.39 is 0 Å². The Balaban J connectivity index is 2.04. The number of hydrogen-bond donors (Lipinski definition) is 0. The first-order valence-corrected chi connectivity index (χ1v) is 7.28. The lowest BCUT2D eigenvalue weighted by Gasteiger charge is -2.31. The van der Waals surface area contributed by atoms with Gasteiger partial charge in [-0.1, -0.05) is 32.4 Å². The molecule has 1 saturated heterocycles. The molecule has 3 atom stereocenters. The van der Waals surface area contributed by atoms with Crippen LogP contribution in [0.4, 0.5) is 0 Å². The molecule has 1 aliphatic carbocycles. The summed E-state index contributed by atoms with van der Waals surface area (Å²) in [7, 11) is 0. The zero-order chi connectivity index (χ0) is 13.5. The first kappa shape index (κ1) is 13.6. The minimum Gasteiger partial charge on any atom is -0.342 e. The molecule has 0 bridgehead atoms. The standard InChI is InChI=1S/C16H27NO/c1-11(2)9-13-14(16(13,4)5)15(18)17-8-6-7-12(3)10-17/h9,12-14H,6-8,10H2,1-5H3. The summed E-state index contributed by atoms with van der Waals surface area (Å²) < 4.78 is 0. The van der Waals surface area contributed by atoms with Crippen LogP contribution in [0.2, 0.25) is 0 Å². The number of amides is 1. The average molecular weight is 249 g/mol. The lowest BCUT2D eigenvalue weighted by atomic mass is 9.99. The molecule has 0 aromatic heterocycles. The topological polar surface area (TPSA) is 20.3 Å². The summed E-state index contributed by atoms with van der Waals surface area (Å²) >= 11 is 0. The highest BCUT2D eigenvalue weighted by molar-refractivity contribution is 5.84. The van der Waals surface area contributed by atoms with E-state index in [2.05, 4.69) is 45.6 Å². The van der Waals surface area contributed by atoms with Gasteiger partial charge in [-0.05, 0) is 43.9 Å². The number of allylic oxidation sites excluding steroid dienone is 2. The molecule has 0 aromatic rings.